The van der Waals surface area contributed by atoms with Gasteiger partial charge in [-0.1, -0.05) is 23.8 Å². The molecule has 1 heterocycles. The van der Waals surface area contributed by atoms with E-state index >= 15 is 0 Å². The molecule has 3 aromatic rings. The SMILES string of the molecule is Cc1ccc2c(c1)cc(C)n2Cc1ccc([N+](C)(C)C)cc1. The highest BCUT2D eigenvalue weighted by Crippen LogP contribution is 2.23. The normalized spacial score (nSPS) is 12.0. The summed E-state index contributed by atoms with van der Waals surface area (Å²) < 4.78 is 3.25. The highest BCUT2D eigenvalue weighted by Gasteiger charge is 2.12. The molecule has 1 aromatic heterocycles. The molecule has 2 aromatic carbocycles. The Morgan fingerprint density at radius 2 is 1.55 bits per heavy atom. The zero-order valence-electron chi connectivity index (χ0n) is 14.2. The first kappa shape index (κ1) is 14.9. The Morgan fingerprint density at radius 1 is 0.864 bits per heavy atom. The summed E-state index contributed by atoms with van der Waals surface area (Å²) in [6, 6.07) is 17.9. The van der Waals surface area contributed by atoms with Crippen molar-refractivity contribution in [2.75, 3.05) is 21.1 Å². The summed E-state index contributed by atoms with van der Waals surface area (Å²) in [6.45, 7) is 5.27. The molecular weight excluding hydrogens is 268 g/mol. The van der Waals surface area contributed by atoms with Crippen LogP contribution in [0.1, 0.15) is 16.8 Å². The smallest absolute Gasteiger partial charge is 0.132 e. The largest absolute Gasteiger partial charge is 0.340 e. The highest BCUT2D eigenvalue weighted by atomic mass is 15.3. The molecule has 2 nitrogen and oxygen atoms in total. The van der Waals surface area contributed by atoms with Gasteiger partial charge in [0.25, 0.3) is 0 Å². The molecule has 0 spiro atoms. The standard InChI is InChI=1S/C20H25N2/c1-15-6-11-20-18(12-15)13-16(2)21(20)14-17-7-9-19(10-8-17)22(3,4)5/h6-13H,14H2,1-5H3/q+1. The number of aromatic nitrogens is 1. The van der Waals surface area contributed by atoms with E-state index in [1.807, 2.05) is 0 Å². The van der Waals surface area contributed by atoms with E-state index in [2.05, 4.69) is 88.1 Å². The third kappa shape index (κ3) is 2.79. The molecule has 0 atom stereocenters. The number of benzene rings is 2. The predicted octanol–water partition coefficient (Wildman–Crippen LogP) is 4.50. The van der Waals surface area contributed by atoms with E-state index in [9.17, 15) is 0 Å². The molecule has 0 saturated heterocycles. The fourth-order valence-electron chi connectivity index (χ4n) is 2.97. The van der Waals surface area contributed by atoms with Crippen LogP contribution >= 0.6 is 0 Å². The van der Waals surface area contributed by atoms with Gasteiger partial charge in [0.1, 0.15) is 5.69 Å². The number of nitrogens with zero attached hydrogens (tertiary/aromatic N) is 2. The molecule has 0 aliphatic heterocycles. The minimum absolute atomic E-state index is 0.852. The molecule has 0 amide bonds. The zero-order chi connectivity index (χ0) is 15.9. The first-order valence-electron chi connectivity index (χ1n) is 7.82. The Morgan fingerprint density at radius 3 is 2.18 bits per heavy atom. The predicted molar refractivity (Wildman–Crippen MR) is 96.5 cm³/mol. The molecule has 0 aliphatic carbocycles. The quantitative estimate of drug-likeness (QED) is 0.626. The minimum Gasteiger partial charge on any atom is -0.340 e. The van der Waals surface area contributed by atoms with E-state index in [0.717, 1.165) is 11.0 Å². The lowest BCUT2D eigenvalue weighted by molar-refractivity contribution is 0.486. The second-order valence-electron chi connectivity index (χ2n) is 7.11. The maximum atomic E-state index is 2.40. The van der Waals surface area contributed by atoms with Gasteiger partial charge in [0.05, 0.1) is 21.1 Å². The summed E-state index contributed by atoms with van der Waals surface area (Å²) >= 11 is 0. The van der Waals surface area contributed by atoms with Crippen LogP contribution in [0.2, 0.25) is 0 Å². The molecule has 0 N–H and O–H groups in total. The fourth-order valence-corrected chi connectivity index (χ4v) is 2.97. The van der Waals surface area contributed by atoms with Crippen LogP contribution in [0.3, 0.4) is 0 Å². The second-order valence-corrected chi connectivity index (χ2v) is 7.11. The maximum absolute atomic E-state index is 2.40. The summed E-state index contributed by atoms with van der Waals surface area (Å²) in [7, 11) is 6.59. The molecule has 0 bridgehead atoms. The lowest BCUT2D eigenvalue weighted by Crippen LogP contribution is -2.34. The lowest BCUT2D eigenvalue weighted by atomic mass is 10.1. The van der Waals surface area contributed by atoms with Gasteiger partial charge in [0.15, 0.2) is 0 Å². The summed E-state index contributed by atoms with van der Waals surface area (Å²) in [6.07, 6.45) is 0. The van der Waals surface area contributed by atoms with E-state index in [-0.39, 0.29) is 0 Å². The van der Waals surface area contributed by atoms with Gasteiger partial charge in [-0.05, 0) is 49.7 Å². The van der Waals surface area contributed by atoms with Gasteiger partial charge in [-0.15, -0.1) is 0 Å². The Bertz CT molecular complexity index is 802. The van der Waals surface area contributed by atoms with Crippen LogP contribution < -0.4 is 4.48 Å². The summed E-state index contributed by atoms with van der Waals surface area (Å²) in [5.41, 5.74) is 6.62. The monoisotopic (exact) mass is 293 g/mol. The minimum atomic E-state index is 0.852. The van der Waals surface area contributed by atoms with E-state index in [1.54, 1.807) is 0 Å². The third-order valence-corrected chi connectivity index (χ3v) is 4.32. The van der Waals surface area contributed by atoms with Crippen molar-refractivity contribution in [2.24, 2.45) is 0 Å². The number of fused-ring (bicyclic) bond motifs is 1. The summed E-state index contributed by atoms with van der Waals surface area (Å²) in [4.78, 5) is 0. The average molecular weight is 293 g/mol. The van der Waals surface area contributed by atoms with Crippen molar-refractivity contribution < 1.29 is 0 Å². The maximum Gasteiger partial charge on any atom is 0.132 e. The van der Waals surface area contributed by atoms with Crippen molar-refractivity contribution in [2.45, 2.75) is 20.4 Å². The Balaban J connectivity index is 1.95. The van der Waals surface area contributed by atoms with E-state index in [4.69, 9.17) is 0 Å². The Kier molecular flexibility index (Phi) is 3.57. The van der Waals surface area contributed by atoms with E-state index < -0.39 is 0 Å². The molecule has 0 radical (unpaired) electrons. The Hall–Kier alpha value is -2.06. The van der Waals surface area contributed by atoms with E-state index in [0.29, 0.717) is 0 Å². The van der Waals surface area contributed by atoms with Crippen LogP contribution in [0.25, 0.3) is 10.9 Å². The van der Waals surface area contributed by atoms with Crippen molar-refractivity contribution in [3.63, 3.8) is 0 Å². The zero-order valence-corrected chi connectivity index (χ0v) is 14.2. The summed E-state index contributed by atoms with van der Waals surface area (Å²) in [5.74, 6) is 0. The van der Waals surface area contributed by atoms with E-state index in [1.165, 1.54) is 33.4 Å². The number of quaternary nitrogens is 1. The van der Waals surface area contributed by atoms with Crippen molar-refractivity contribution in [3.05, 3.63) is 65.4 Å². The van der Waals surface area contributed by atoms with Gasteiger partial charge in [-0.25, -0.2) is 0 Å². The van der Waals surface area contributed by atoms with Gasteiger partial charge in [0, 0.05) is 23.1 Å². The lowest BCUT2D eigenvalue weighted by Gasteiger charge is -2.23. The Labute approximate surface area is 133 Å². The van der Waals surface area contributed by atoms with Crippen LogP contribution in [0.5, 0.6) is 0 Å². The van der Waals surface area contributed by atoms with Gasteiger partial charge in [-0.2, -0.15) is 0 Å². The molecule has 0 fully saturated rings. The van der Waals surface area contributed by atoms with Crippen LogP contribution in [-0.4, -0.2) is 25.7 Å². The van der Waals surface area contributed by atoms with Crippen LogP contribution in [0.4, 0.5) is 5.69 Å². The number of hydrogen-bond acceptors (Lipinski definition) is 0. The fraction of sp³-hybridized carbons (Fsp3) is 0.300. The van der Waals surface area contributed by atoms with Crippen molar-refractivity contribution in [1.29, 1.82) is 0 Å². The molecule has 114 valence electrons. The van der Waals surface area contributed by atoms with Crippen LogP contribution in [-0.2, 0) is 6.54 Å². The topological polar surface area (TPSA) is 4.93 Å². The highest BCUT2D eigenvalue weighted by molar-refractivity contribution is 5.82. The summed E-state index contributed by atoms with van der Waals surface area (Å²) in [5, 5.41) is 1.33. The molecule has 0 unspecified atom stereocenters. The van der Waals surface area contributed by atoms with Crippen LogP contribution in [0.15, 0.2) is 48.5 Å². The molecular formula is C20H25N2+. The number of rotatable bonds is 3. The molecule has 0 aliphatic rings. The first-order valence-corrected chi connectivity index (χ1v) is 7.82. The van der Waals surface area contributed by atoms with Crippen molar-refractivity contribution in [1.82, 2.24) is 9.05 Å². The van der Waals surface area contributed by atoms with Gasteiger partial charge in [0.2, 0.25) is 0 Å². The average Bonchev–Trinajstić information content (AvgIpc) is 2.74. The second kappa shape index (κ2) is 5.29. The van der Waals surface area contributed by atoms with Gasteiger partial charge in [-0.3, -0.25) is 4.48 Å². The van der Waals surface area contributed by atoms with Crippen molar-refractivity contribution in [3.8, 4) is 0 Å². The number of hydrogen-bond donors (Lipinski definition) is 0. The third-order valence-electron chi connectivity index (χ3n) is 4.32. The van der Waals surface area contributed by atoms with Gasteiger partial charge >= 0.3 is 0 Å². The van der Waals surface area contributed by atoms with Crippen molar-refractivity contribution >= 4 is 16.6 Å². The molecule has 3 rings (SSSR count). The molecule has 2 heteroatoms. The number of aryl methyl sites for hydroxylation is 2. The van der Waals surface area contributed by atoms with Gasteiger partial charge < -0.3 is 4.57 Å². The van der Waals surface area contributed by atoms with Crippen LogP contribution in [0, 0.1) is 13.8 Å². The molecule has 22 heavy (non-hydrogen) atoms. The first-order chi connectivity index (χ1) is 10.3. The molecule has 0 saturated carbocycles.